The molecule has 2 heterocycles. The number of nitrogens with one attached hydrogen (secondary N) is 3. The summed E-state index contributed by atoms with van der Waals surface area (Å²) in [5.74, 6) is 2.12. The molecule has 3 aromatic rings. The zero-order valence-electron chi connectivity index (χ0n) is 12.9. The summed E-state index contributed by atoms with van der Waals surface area (Å²) >= 11 is 0. The molecule has 1 aromatic carbocycles. The molecule has 0 atom stereocenters. The van der Waals surface area contributed by atoms with Crippen molar-refractivity contribution in [2.45, 2.75) is 20.3 Å². The van der Waals surface area contributed by atoms with E-state index < -0.39 is 0 Å². The molecule has 0 unspecified atom stereocenters. The van der Waals surface area contributed by atoms with E-state index in [1.165, 1.54) is 0 Å². The second kappa shape index (κ2) is 6.47. The van der Waals surface area contributed by atoms with Crippen molar-refractivity contribution in [3.63, 3.8) is 0 Å². The van der Waals surface area contributed by atoms with E-state index in [0.29, 0.717) is 11.9 Å². The number of aromatic amines is 1. The highest BCUT2D eigenvalue weighted by Crippen LogP contribution is 2.23. The van der Waals surface area contributed by atoms with Gasteiger partial charge in [0, 0.05) is 18.4 Å². The molecule has 5 heteroatoms. The third-order valence-electron chi connectivity index (χ3n) is 3.46. The molecular weight excluding hydrogens is 274 g/mol. The molecule has 114 valence electrons. The Hall–Kier alpha value is -2.56. The molecule has 2 aromatic heterocycles. The number of benzene rings is 1. The molecule has 3 N–H and O–H groups in total. The topological polar surface area (TPSA) is 65.6 Å². The molecule has 0 fully saturated rings. The van der Waals surface area contributed by atoms with Crippen LogP contribution in [-0.4, -0.2) is 21.5 Å². The molecule has 0 bridgehead atoms. The maximum atomic E-state index is 4.61. The number of para-hydroxylation sites is 1. The minimum atomic E-state index is 0.591. The number of hydrogen-bond donors (Lipinski definition) is 3. The molecule has 0 amide bonds. The van der Waals surface area contributed by atoms with Crippen molar-refractivity contribution in [2.24, 2.45) is 5.92 Å². The Morgan fingerprint density at radius 1 is 1.09 bits per heavy atom. The Morgan fingerprint density at radius 2 is 1.91 bits per heavy atom. The van der Waals surface area contributed by atoms with Gasteiger partial charge in [-0.2, -0.15) is 9.97 Å². The van der Waals surface area contributed by atoms with Crippen molar-refractivity contribution in [2.75, 3.05) is 17.2 Å². The summed E-state index contributed by atoms with van der Waals surface area (Å²) in [7, 11) is 0. The Bertz CT molecular complexity index is 733. The van der Waals surface area contributed by atoms with Crippen LogP contribution in [-0.2, 0) is 0 Å². The first-order valence-electron chi connectivity index (χ1n) is 7.63. The minimum Gasteiger partial charge on any atom is -0.369 e. The maximum absolute atomic E-state index is 4.61. The smallest absolute Gasteiger partial charge is 0.231 e. The highest BCUT2D eigenvalue weighted by Gasteiger charge is 2.09. The molecule has 0 aliphatic rings. The van der Waals surface area contributed by atoms with Gasteiger partial charge in [0.25, 0.3) is 0 Å². The first-order valence-corrected chi connectivity index (χ1v) is 7.63. The summed E-state index contributed by atoms with van der Waals surface area (Å²) in [4.78, 5) is 12.3. The summed E-state index contributed by atoms with van der Waals surface area (Å²) in [6.07, 6.45) is 3.00. The number of hydrogen-bond acceptors (Lipinski definition) is 4. The fourth-order valence-corrected chi connectivity index (χ4v) is 2.26. The highest BCUT2D eigenvalue weighted by molar-refractivity contribution is 5.88. The summed E-state index contributed by atoms with van der Waals surface area (Å²) in [5.41, 5.74) is 1.81. The van der Waals surface area contributed by atoms with Gasteiger partial charge in [-0.15, -0.1) is 0 Å². The lowest BCUT2D eigenvalue weighted by atomic mass is 10.1. The van der Waals surface area contributed by atoms with Crippen LogP contribution in [0.25, 0.3) is 11.0 Å². The predicted molar refractivity (Wildman–Crippen MR) is 91.6 cm³/mol. The van der Waals surface area contributed by atoms with Crippen LogP contribution in [0, 0.1) is 5.92 Å². The average molecular weight is 295 g/mol. The molecule has 0 spiro atoms. The van der Waals surface area contributed by atoms with Crippen molar-refractivity contribution >= 4 is 28.5 Å². The van der Waals surface area contributed by atoms with E-state index in [1.807, 2.05) is 42.6 Å². The number of aromatic nitrogens is 3. The Morgan fingerprint density at radius 3 is 2.68 bits per heavy atom. The normalized spacial score (nSPS) is 11.0. The van der Waals surface area contributed by atoms with E-state index in [9.17, 15) is 0 Å². The molecule has 0 aliphatic carbocycles. The minimum absolute atomic E-state index is 0.591. The largest absolute Gasteiger partial charge is 0.369 e. The van der Waals surface area contributed by atoms with E-state index in [0.717, 1.165) is 35.5 Å². The van der Waals surface area contributed by atoms with Gasteiger partial charge in [-0.1, -0.05) is 32.0 Å². The summed E-state index contributed by atoms with van der Waals surface area (Å²) in [6.45, 7) is 5.34. The summed E-state index contributed by atoms with van der Waals surface area (Å²) in [6, 6.07) is 11.9. The van der Waals surface area contributed by atoms with Crippen LogP contribution in [0.4, 0.5) is 17.5 Å². The van der Waals surface area contributed by atoms with E-state index >= 15 is 0 Å². The quantitative estimate of drug-likeness (QED) is 0.639. The maximum Gasteiger partial charge on any atom is 0.231 e. The van der Waals surface area contributed by atoms with Gasteiger partial charge in [-0.05, 0) is 30.5 Å². The molecule has 5 nitrogen and oxygen atoms in total. The zero-order chi connectivity index (χ0) is 15.4. The van der Waals surface area contributed by atoms with Gasteiger partial charge in [0.1, 0.15) is 11.5 Å². The monoisotopic (exact) mass is 295 g/mol. The number of nitrogens with zero attached hydrogens (tertiary/aromatic N) is 2. The van der Waals surface area contributed by atoms with Crippen LogP contribution in [0.2, 0.25) is 0 Å². The van der Waals surface area contributed by atoms with Crippen LogP contribution in [0.5, 0.6) is 0 Å². The molecule has 22 heavy (non-hydrogen) atoms. The Labute approximate surface area is 130 Å². The van der Waals surface area contributed by atoms with Crippen molar-refractivity contribution in [1.82, 2.24) is 15.0 Å². The van der Waals surface area contributed by atoms with E-state index in [-0.39, 0.29) is 0 Å². The summed E-state index contributed by atoms with van der Waals surface area (Å²) in [5, 5.41) is 7.68. The van der Waals surface area contributed by atoms with E-state index in [1.54, 1.807) is 0 Å². The molecule has 0 saturated heterocycles. The van der Waals surface area contributed by atoms with Gasteiger partial charge >= 0.3 is 0 Å². The van der Waals surface area contributed by atoms with Crippen LogP contribution in [0.3, 0.4) is 0 Å². The van der Waals surface area contributed by atoms with Gasteiger partial charge in [-0.3, -0.25) is 0 Å². The molecule has 0 saturated carbocycles. The van der Waals surface area contributed by atoms with Gasteiger partial charge in [0.05, 0.1) is 5.39 Å². The predicted octanol–water partition coefficient (Wildman–Crippen LogP) is 4.16. The number of fused-ring (bicyclic) bond motifs is 1. The van der Waals surface area contributed by atoms with E-state index in [2.05, 4.69) is 39.4 Å². The van der Waals surface area contributed by atoms with Gasteiger partial charge in [0.15, 0.2) is 0 Å². The lowest BCUT2D eigenvalue weighted by molar-refractivity contribution is 0.607. The molecule has 3 rings (SSSR count). The van der Waals surface area contributed by atoms with Crippen molar-refractivity contribution in [1.29, 1.82) is 0 Å². The van der Waals surface area contributed by atoms with Crippen LogP contribution >= 0.6 is 0 Å². The first kappa shape index (κ1) is 14.4. The van der Waals surface area contributed by atoms with Crippen LogP contribution in [0.15, 0.2) is 42.6 Å². The lowest BCUT2D eigenvalue weighted by Gasteiger charge is -2.11. The first-order chi connectivity index (χ1) is 10.7. The molecule has 0 radical (unpaired) electrons. The van der Waals surface area contributed by atoms with Gasteiger partial charge in [-0.25, -0.2) is 0 Å². The average Bonchev–Trinajstić information content (AvgIpc) is 2.96. The number of H-pyrrole nitrogens is 1. The Kier molecular flexibility index (Phi) is 4.23. The molecular formula is C17H21N5. The SMILES string of the molecule is CC(C)CCNc1nc(Nc2ccccc2)nc2[nH]ccc12. The number of anilines is 3. The van der Waals surface area contributed by atoms with Crippen molar-refractivity contribution < 1.29 is 0 Å². The third-order valence-corrected chi connectivity index (χ3v) is 3.46. The third kappa shape index (κ3) is 3.36. The van der Waals surface area contributed by atoms with Crippen LogP contribution in [0.1, 0.15) is 20.3 Å². The van der Waals surface area contributed by atoms with Crippen molar-refractivity contribution in [3.8, 4) is 0 Å². The van der Waals surface area contributed by atoms with Crippen molar-refractivity contribution in [3.05, 3.63) is 42.6 Å². The van der Waals surface area contributed by atoms with Crippen LogP contribution < -0.4 is 10.6 Å². The zero-order valence-corrected chi connectivity index (χ0v) is 12.9. The number of rotatable bonds is 6. The standard InChI is InChI=1S/C17H21N5/c1-12(2)8-10-18-15-14-9-11-19-16(14)22-17(21-15)20-13-6-4-3-5-7-13/h3-7,9,11-12H,8,10H2,1-2H3,(H3,18,19,20,21,22). The Balaban J connectivity index is 1.85. The van der Waals surface area contributed by atoms with Gasteiger partial charge in [0.2, 0.25) is 5.95 Å². The lowest BCUT2D eigenvalue weighted by Crippen LogP contribution is -2.08. The second-order valence-corrected chi connectivity index (χ2v) is 5.74. The fraction of sp³-hybridized carbons (Fsp3) is 0.294. The summed E-state index contributed by atoms with van der Waals surface area (Å²) < 4.78 is 0. The molecule has 0 aliphatic heterocycles. The van der Waals surface area contributed by atoms with Gasteiger partial charge < -0.3 is 15.6 Å². The fourth-order valence-electron chi connectivity index (χ4n) is 2.26. The second-order valence-electron chi connectivity index (χ2n) is 5.74. The highest BCUT2D eigenvalue weighted by atomic mass is 15.2. The van der Waals surface area contributed by atoms with E-state index in [4.69, 9.17) is 0 Å².